The second kappa shape index (κ2) is 8.13. The minimum absolute atomic E-state index is 0.644. The molecule has 1 fully saturated rings. The Labute approximate surface area is 114 Å². The van der Waals surface area contributed by atoms with Gasteiger partial charge in [-0.15, -0.1) is 0 Å². The van der Waals surface area contributed by atoms with Crippen LogP contribution in [0.25, 0.3) is 0 Å². The molecule has 0 aromatic heterocycles. The number of likely N-dealkylation sites (N-methyl/N-ethyl adjacent to an activating group) is 2. The highest BCUT2D eigenvalue weighted by Gasteiger charge is 2.24. The molecule has 3 nitrogen and oxygen atoms in total. The molecular weight excluding hydrogens is 222 g/mol. The van der Waals surface area contributed by atoms with Crippen LogP contribution in [-0.2, 0) is 0 Å². The number of rotatable bonds is 6. The fraction of sp³-hybridized carbons (Fsp3) is 1.00. The molecule has 1 N–H and O–H groups in total. The second-order valence-electron chi connectivity index (χ2n) is 6.01. The Kier molecular flexibility index (Phi) is 7.20. The van der Waals surface area contributed by atoms with Gasteiger partial charge in [0.2, 0.25) is 0 Å². The molecule has 0 aliphatic carbocycles. The van der Waals surface area contributed by atoms with Gasteiger partial charge in [-0.3, -0.25) is 4.90 Å². The Morgan fingerprint density at radius 2 is 2.00 bits per heavy atom. The third-order valence-electron chi connectivity index (χ3n) is 4.41. The van der Waals surface area contributed by atoms with Crippen LogP contribution in [0.5, 0.6) is 0 Å². The van der Waals surface area contributed by atoms with E-state index in [0.29, 0.717) is 12.1 Å². The monoisotopic (exact) mass is 255 g/mol. The molecule has 0 aromatic carbocycles. The second-order valence-corrected chi connectivity index (χ2v) is 6.01. The van der Waals surface area contributed by atoms with Crippen molar-refractivity contribution in [2.45, 2.75) is 52.6 Å². The molecule has 0 saturated carbocycles. The van der Waals surface area contributed by atoms with E-state index in [1.54, 1.807) is 0 Å². The van der Waals surface area contributed by atoms with Crippen molar-refractivity contribution in [2.75, 3.05) is 39.8 Å². The van der Waals surface area contributed by atoms with Crippen LogP contribution >= 0.6 is 0 Å². The molecule has 108 valence electrons. The van der Waals surface area contributed by atoms with Gasteiger partial charge in [0.05, 0.1) is 0 Å². The zero-order valence-corrected chi connectivity index (χ0v) is 13.1. The predicted octanol–water partition coefficient (Wildman–Crippen LogP) is 2.04. The fourth-order valence-corrected chi connectivity index (χ4v) is 2.94. The molecule has 1 aliphatic heterocycles. The normalized spacial score (nSPS) is 26.8. The molecule has 3 unspecified atom stereocenters. The first-order valence-corrected chi connectivity index (χ1v) is 7.74. The average molecular weight is 255 g/mol. The Bertz CT molecular complexity index is 220. The molecule has 3 heteroatoms. The molecule has 3 atom stereocenters. The summed E-state index contributed by atoms with van der Waals surface area (Å²) in [6.07, 6.45) is 2.57. The summed E-state index contributed by atoms with van der Waals surface area (Å²) in [5.74, 6) is 0.762. The van der Waals surface area contributed by atoms with E-state index < -0.39 is 0 Å². The van der Waals surface area contributed by atoms with Crippen LogP contribution in [0, 0.1) is 5.92 Å². The Hall–Kier alpha value is -0.120. The van der Waals surface area contributed by atoms with Crippen molar-refractivity contribution >= 4 is 0 Å². The average Bonchev–Trinajstić information content (AvgIpc) is 2.49. The maximum atomic E-state index is 3.68. The van der Waals surface area contributed by atoms with Gasteiger partial charge in [-0.25, -0.2) is 0 Å². The van der Waals surface area contributed by atoms with Gasteiger partial charge >= 0.3 is 0 Å². The zero-order chi connectivity index (χ0) is 13.5. The summed E-state index contributed by atoms with van der Waals surface area (Å²) in [7, 11) is 2.25. The zero-order valence-electron chi connectivity index (χ0n) is 13.1. The lowest BCUT2D eigenvalue weighted by molar-refractivity contribution is 0.165. The molecule has 1 aliphatic rings. The first-order chi connectivity index (χ1) is 8.58. The molecule has 0 bridgehead atoms. The number of nitrogens with zero attached hydrogens (tertiary/aromatic N) is 2. The first kappa shape index (κ1) is 15.9. The smallest absolute Gasteiger partial charge is 0.0220 e. The van der Waals surface area contributed by atoms with Gasteiger partial charge in [0.15, 0.2) is 0 Å². The summed E-state index contributed by atoms with van der Waals surface area (Å²) in [4.78, 5) is 5.15. The highest BCUT2D eigenvalue weighted by atomic mass is 15.2. The SMILES string of the molecule is CCNC(CN1CCCN(C)CC1C)C(C)CC. The summed E-state index contributed by atoms with van der Waals surface area (Å²) < 4.78 is 0. The van der Waals surface area contributed by atoms with Crippen LogP contribution in [-0.4, -0.2) is 61.7 Å². The maximum Gasteiger partial charge on any atom is 0.0220 e. The van der Waals surface area contributed by atoms with Crippen molar-refractivity contribution < 1.29 is 0 Å². The van der Waals surface area contributed by atoms with E-state index in [-0.39, 0.29) is 0 Å². The van der Waals surface area contributed by atoms with Crippen molar-refractivity contribution in [1.29, 1.82) is 0 Å². The first-order valence-electron chi connectivity index (χ1n) is 7.74. The number of hydrogen-bond acceptors (Lipinski definition) is 3. The van der Waals surface area contributed by atoms with E-state index in [1.165, 1.54) is 39.0 Å². The van der Waals surface area contributed by atoms with Gasteiger partial charge in [0.25, 0.3) is 0 Å². The summed E-state index contributed by atoms with van der Waals surface area (Å²) >= 11 is 0. The van der Waals surface area contributed by atoms with Crippen molar-refractivity contribution in [1.82, 2.24) is 15.1 Å². The summed E-state index contributed by atoms with van der Waals surface area (Å²) in [6, 6.07) is 1.33. The van der Waals surface area contributed by atoms with E-state index in [1.807, 2.05) is 0 Å². The van der Waals surface area contributed by atoms with Gasteiger partial charge in [-0.05, 0) is 45.9 Å². The molecule has 1 saturated heterocycles. The van der Waals surface area contributed by atoms with E-state index >= 15 is 0 Å². The van der Waals surface area contributed by atoms with Crippen molar-refractivity contribution in [3.05, 3.63) is 0 Å². The van der Waals surface area contributed by atoms with E-state index in [9.17, 15) is 0 Å². The van der Waals surface area contributed by atoms with Crippen molar-refractivity contribution in [3.8, 4) is 0 Å². The van der Waals surface area contributed by atoms with Crippen molar-refractivity contribution in [3.63, 3.8) is 0 Å². The molecular formula is C15H33N3. The maximum absolute atomic E-state index is 3.68. The largest absolute Gasteiger partial charge is 0.313 e. The van der Waals surface area contributed by atoms with Crippen LogP contribution in [0.15, 0.2) is 0 Å². The molecule has 0 radical (unpaired) electrons. The van der Waals surface area contributed by atoms with E-state index in [4.69, 9.17) is 0 Å². The van der Waals surface area contributed by atoms with Crippen LogP contribution < -0.4 is 5.32 Å². The molecule has 0 amide bonds. The molecule has 0 aromatic rings. The lowest BCUT2D eigenvalue weighted by Gasteiger charge is -2.34. The Morgan fingerprint density at radius 1 is 1.28 bits per heavy atom. The predicted molar refractivity (Wildman–Crippen MR) is 80.1 cm³/mol. The van der Waals surface area contributed by atoms with Crippen LogP contribution in [0.2, 0.25) is 0 Å². The van der Waals surface area contributed by atoms with Crippen LogP contribution in [0.3, 0.4) is 0 Å². The highest BCUT2D eigenvalue weighted by molar-refractivity contribution is 4.82. The Balaban J connectivity index is 2.55. The van der Waals surface area contributed by atoms with Crippen LogP contribution in [0.1, 0.15) is 40.5 Å². The number of nitrogens with one attached hydrogen (secondary N) is 1. The topological polar surface area (TPSA) is 18.5 Å². The van der Waals surface area contributed by atoms with Gasteiger partial charge in [-0.2, -0.15) is 0 Å². The molecule has 0 spiro atoms. The third kappa shape index (κ3) is 4.87. The Morgan fingerprint density at radius 3 is 2.61 bits per heavy atom. The van der Waals surface area contributed by atoms with Crippen LogP contribution in [0.4, 0.5) is 0 Å². The minimum Gasteiger partial charge on any atom is -0.313 e. The summed E-state index contributed by atoms with van der Waals surface area (Å²) in [5.41, 5.74) is 0. The third-order valence-corrected chi connectivity index (χ3v) is 4.41. The minimum atomic E-state index is 0.644. The lowest BCUT2D eigenvalue weighted by Crippen LogP contribution is -2.48. The lowest BCUT2D eigenvalue weighted by atomic mass is 9.98. The standard InChI is InChI=1S/C15H33N3/c1-6-13(3)15(16-7-2)12-18-10-8-9-17(5)11-14(18)4/h13-16H,6-12H2,1-5H3. The highest BCUT2D eigenvalue weighted by Crippen LogP contribution is 2.14. The van der Waals surface area contributed by atoms with Gasteiger partial charge in [0, 0.05) is 25.2 Å². The van der Waals surface area contributed by atoms with E-state index in [0.717, 1.165) is 12.5 Å². The number of hydrogen-bond donors (Lipinski definition) is 1. The summed E-state index contributed by atoms with van der Waals surface area (Å²) in [6.45, 7) is 15.3. The van der Waals surface area contributed by atoms with Gasteiger partial charge in [-0.1, -0.05) is 27.2 Å². The molecule has 1 heterocycles. The van der Waals surface area contributed by atoms with E-state index in [2.05, 4.69) is 49.9 Å². The fourth-order valence-electron chi connectivity index (χ4n) is 2.94. The quantitative estimate of drug-likeness (QED) is 0.783. The van der Waals surface area contributed by atoms with Gasteiger partial charge < -0.3 is 10.2 Å². The van der Waals surface area contributed by atoms with Crippen molar-refractivity contribution in [2.24, 2.45) is 5.92 Å². The summed E-state index contributed by atoms with van der Waals surface area (Å²) in [5, 5.41) is 3.68. The molecule has 18 heavy (non-hydrogen) atoms. The molecule has 1 rings (SSSR count). The van der Waals surface area contributed by atoms with Gasteiger partial charge in [0.1, 0.15) is 0 Å².